The van der Waals surface area contributed by atoms with Crippen molar-refractivity contribution in [1.29, 1.82) is 0 Å². The molecule has 5 rings (SSSR count). The van der Waals surface area contributed by atoms with E-state index in [9.17, 15) is 9.50 Å². The molecule has 144 valence electrons. The highest BCUT2D eigenvalue weighted by molar-refractivity contribution is 7.98. The lowest BCUT2D eigenvalue weighted by molar-refractivity contribution is 0.319. The number of thioether (sulfide) groups is 1. The smallest absolute Gasteiger partial charge is 0.164 e. The fraction of sp³-hybridized carbons (Fsp3) is 0.318. The molecular formula is C22H21FN2O2S. The number of hydrogen-bond acceptors (Lipinski definition) is 5. The fourth-order valence-corrected chi connectivity index (χ4v) is 5.22. The summed E-state index contributed by atoms with van der Waals surface area (Å²) in [6, 6.07) is 8.85. The number of pyridine rings is 1. The number of hydrogen-bond donors (Lipinski definition) is 1. The zero-order chi connectivity index (χ0) is 19.3. The van der Waals surface area contributed by atoms with Crippen LogP contribution in [0.1, 0.15) is 24.0 Å². The molecule has 0 atom stereocenters. The molecule has 3 aromatic rings. The van der Waals surface area contributed by atoms with Gasteiger partial charge in [-0.05, 0) is 61.8 Å². The number of fused-ring (bicyclic) bond motifs is 4. The van der Waals surface area contributed by atoms with Gasteiger partial charge in [-0.3, -0.25) is 4.90 Å². The molecule has 4 nitrogen and oxygen atoms in total. The SMILES string of the molecule is COc1cc2cc3c(nc2c(CN2CCCC2)c1O)-c1ccc(F)cc1SC3. The van der Waals surface area contributed by atoms with Gasteiger partial charge in [0.2, 0.25) is 0 Å². The van der Waals surface area contributed by atoms with Crippen LogP contribution in [0.4, 0.5) is 4.39 Å². The molecule has 6 heteroatoms. The third-order valence-electron chi connectivity index (χ3n) is 5.60. The van der Waals surface area contributed by atoms with Crippen LogP contribution in [0.3, 0.4) is 0 Å². The predicted octanol–water partition coefficient (Wildman–Crippen LogP) is 4.96. The van der Waals surface area contributed by atoms with E-state index in [0.717, 1.165) is 57.0 Å². The molecule has 1 fully saturated rings. The average Bonchev–Trinajstić information content (AvgIpc) is 3.21. The number of likely N-dealkylation sites (tertiary alicyclic amines) is 1. The van der Waals surface area contributed by atoms with Crippen molar-refractivity contribution in [3.8, 4) is 22.8 Å². The first kappa shape index (κ1) is 17.8. The molecule has 1 saturated heterocycles. The van der Waals surface area contributed by atoms with Crippen LogP contribution in [0, 0.1) is 5.82 Å². The molecule has 0 spiro atoms. The average molecular weight is 396 g/mol. The van der Waals surface area contributed by atoms with Crippen LogP contribution in [0.25, 0.3) is 22.2 Å². The number of aromatic nitrogens is 1. The summed E-state index contributed by atoms with van der Waals surface area (Å²) in [7, 11) is 1.58. The second-order valence-corrected chi connectivity index (χ2v) is 8.40. The number of phenols is 1. The summed E-state index contributed by atoms with van der Waals surface area (Å²) in [6.45, 7) is 2.71. The van der Waals surface area contributed by atoms with E-state index in [-0.39, 0.29) is 11.6 Å². The summed E-state index contributed by atoms with van der Waals surface area (Å²) < 4.78 is 19.1. The minimum absolute atomic E-state index is 0.166. The van der Waals surface area contributed by atoms with Crippen molar-refractivity contribution in [2.45, 2.75) is 30.0 Å². The first-order chi connectivity index (χ1) is 13.6. The Bertz CT molecular complexity index is 1080. The van der Waals surface area contributed by atoms with Gasteiger partial charge in [0.1, 0.15) is 5.82 Å². The van der Waals surface area contributed by atoms with Crippen LogP contribution >= 0.6 is 11.8 Å². The Hall–Kier alpha value is -2.31. The second-order valence-electron chi connectivity index (χ2n) is 7.39. The van der Waals surface area contributed by atoms with Crippen molar-refractivity contribution in [3.63, 3.8) is 0 Å². The van der Waals surface area contributed by atoms with Gasteiger partial charge in [0, 0.05) is 33.7 Å². The quantitative estimate of drug-likeness (QED) is 0.678. The third kappa shape index (κ3) is 2.91. The van der Waals surface area contributed by atoms with E-state index >= 15 is 0 Å². The molecule has 0 saturated carbocycles. The van der Waals surface area contributed by atoms with Gasteiger partial charge in [0.05, 0.1) is 18.3 Å². The maximum Gasteiger partial charge on any atom is 0.164 e. The lowest BCUT2D eigenvalue weighted by atomic mass is 10.0. The number of methoxy groups -OCH3 is 1. The molecule has 0 radical (unpaired) electrons. The van der Waals surface area contributed by atoms with Crippen molar-refractivity contribution in [2.24, 2.45) is 0 Å². The number of rotatable bonds is 3. The number of nitrogens with zero attached hydrogens (tertiary/aromatic N) is 2. The van der Waals surface area contributed by atoms with Gasteiger partial charge in [0.25, 0.3) is 0 Å². The number of ether oxygens (including phenoxy) is 1. The van der Waals surface area contributed by atoms with Gasteiger partial charge in [0.15, 0.2) is 11.5 Å². The highest BCUT2D eigenvalue weighted by atomic mass is 32.2. The van der Waals surface area contributed by atoms with Gasteiger partial charge in [-0.15, -0.1) is 11.8 Å². The van der Waals surface area contributed by atoms with Crippen LogP contribution in [0.5, 0.6) is 11.5 Å². The van der Waals surface area contributed by atoms with Crippen molar-refractivity contribution < 1.29 is 14.2 Å². The zero-order valence-electron chi connectivity index (χ0n) is 15.7. The second kappa shape index (κ2) is 6.94. The maximum absolute atomic E-state index is 13.7. The molecule has 2 aliphatic heterocycles. The molecule has 0 unspecified atom stereocenters. The Kier molecular flexibility index (Phi) is 4.40. The van der Waals surface area contributed by atoms with E-state index in [1.165, 1.54) is 18.9 Å². The predicted molar refractivity (Wildman–Crippen MR) is 109 cm³/mol. The Morgan fingerprint density at radius 3 is 2.82 bits per heavy atom. The zero-order valence-corrected chi connectivity index (χ0v) is 16.5. The molecule has 3 heterocycles. The van der Waals surface area contributed by atoms with E-state index in [1.807, 2.05) is 6.07 Å². The van der Waals surface area contributed by atoms with Gasteiger partial charge >= 0.3 is 0 Å². The van der Waals surface area contributed by atoms with E-state index in [0.29, 0.717) is 12.3 Å². The van der Waals surface area contributed by atoms with Crippen LogP contribution in [0.2, 0.25) is 0 Å². The monoisotopic (exact) mass is 396 g/mol. The largest absolute Gasteiger partial charge is 0.504 e. The normalized spacial score (nSPS) is 16.2. The van der Waals surface area contributed by atoms with Gasteiger partial charge < -0.3 is 9.84 Å². The van der Waals surface area contributed by atoms with E-state index < -0.39 is 0 Å². The molecule has 2 aliphatic rings. The molecule has 1 N–H and O–H groups in total. The Balaban J connectivity index is 1.72. The third-order valence-corrected chi connectivity index (χ3v) is 6.71. The Morgan fingerprint density at radius 1 is 1.21 bits per heavy atom. The summed E-state index contributed by atoms with van der Waals surface area (Å²) in [5.41, 5.74) is 4.56. The fourth-order valence-electron chi connectivity index (χ4n) is 4.17. The minimum atomic E-state index is -0.229. The molecular weight excluding hydrogens is 375 g/mol. The summed E-state index contributed by atoms with van der Waals surface area (Å²) in [5, 5.41) is 11.8. The van der Waals surface area contributed by atoms with Crippen LogP contribution in [-0.4, -0.2) is 35.2 Å². The van der Waals surface area contributed by atoms with E-state index in [4.69, 9.17) is 9.72 Å². The Morgan fingerprint density at radius 2 is 2.04 bits per heavy atom. The van der Waals surface area contributed by atoms with Crippen LogP contribution in [-0.2, 0) is 12.3 Å². The maximum atomic E-state index is 13.7. The minimum Gasteiger partial charge on any atom is -0.504 e. The van der Waals surface area contributed by atoms with Gasteiger partial charge in [-0.2, -0.15) is 0 Å². The molecule has 0 aliphatic carbocycles. The first-order valence-electron chi connectivity index (χ1n) is 9.51. The summed E-state index contributed by atoms with van der Waals surface area (Å²) in [5.74, 6) is 1.17. The summed E-state index contributed by atoms with van der Waals surface area (Å²) in [6.07, 6.45) is 2.36. The van der Waals surface area contributed by atoms with Crippen molar-refractivity contribution >= 4 is 22.7 Å². The molecule has 2 aromatic carbocycles. The highest BCUT2D eigenvalue weighted by Gasteiger charge is 2.24. The van der Waals surface area contributed by atoms with Crippen molar-refractivity contribution in [2.75, 3.05) is 20.2 Å². The molecule has 0 bridgehead atoms. The number of halogens is 1. The van der Waals surface area contributed by atoms with Crippen molar-refractivity contribution in [3.05, 3.63) is 47.3 Å². The lowest BCUT2D eigenvalue weighted by Gasteiger charge is -2.22. The van der Waals surface area contributed by atoms with Crippen LogP contribution < -0.4 is 4.74 Å². The summed E-state index contributed by atoms with van der Waals surface area (Å²) in [4.78, 5) is 8.24. The molecule has 28 heavy (non-hydrogen) atoms. The first-order valence-corrected chi connectivity index (χ1v) is 10.5. The summed E-state index contributed by atoms with van der Waals surface area (Å²) >= 11 is 1.63. The number of benzene rings is 2. The van der Waals surface area contributed by atoms with Gasteiger partial charge in [-0.1, -0.05) is 0 Å². The molecule has 1 aromatic heterocycles. The standard InChI is InChI=1S/C22H21FN2O2S/c1-27-18-9-13-8-14-12-28-19-10-15(23)4-5-16(19)21(14)24-20(13)17(22(18)26)11-25-6-2-3-7-25/h4-5,8-10,26H,2-3,6-7,11-12H2,1H3. The van der Waals surface area contributed by atoms with Crippen LogP contribution in [0.15, 0.2) is 35.2 Å². The number of aromatic hydroxyl groups is 1. The molecule has 0 amide bonds. The van der Waals surface area contributed by atoms with E-state index in [1.54, 1.807) is 31.0 Å². The Labute approximate surface area is 167 Å². The highest BCUT2D eigenvalue weighted by Crippen LogP contribution is 2.44. The topological polar surface area (TPSA) is 45.6 Å². The van der Waals surface area contributed by atoms with E-state index in [2.05, 4.69) is 11.0 Å². The lowest BCUT2D eigenvalue weighted by Crippen LogP contribution is -2.19. The van der Waals surface area contributed by atoms with Gasteiger partial charge in [-0.25, -0.2) is 9.37 Å². The number of phenolic OH excluding ortho intramolecular Hbond substituents is 1. The van der Waals surface area contributed by atoms with Crippen molar-refractivity contribution in [1.82, 2.24) is 9.88 Å².